The molecule has 0 aliphatic carbocycles. The summed E-state index contributed by atoms with van der Waals surface area (Å²) in [5, 5.41) is 3.70. The van der Waals surface area contributed by atoms with Crippen molar-refractivity contribution in [1.29, 1.82) is 0 Å². The lowest BCUT2D eigenvalue weighted by atomic mass is 9.82. The molecule has 1 N–H and O–H groups in total. The SMILES string of the molecule is CC1(C)CCSCC1NCCc1ccccn1. The van der Waals surface area contributed by atoms with Gasteiger partial charge in [-0.2, -0.15) is 11.8 Å². The number of aromatic nitrogens is 1. The van der Waals surface area contributed by atoms with E-state index in [9.17, 15) is 0 Å². The first-order chi connectivity index (χ1) is 8.18. The second kappa shape index (κ2) is 5.87. The van der Waals surface area contributed by atoms with E-state index in [1.165, 1.54) is 23.6 Å². The van der Waals surface area contributed by atoms with Crippen molar-refractivity contribution < 1.29 is 0 Å². The van der Waals surface area contributed by atoms with E-state index in [1.807, 2.05) is 12.3 Å². The van der Waals surface area contributed by atoms with Crippen LogP contribution < -0.4 is 5.32 Å². The van der Waals surface area contributed by atoms with Gasteiger partial charge in [-0.1, -0.05) is 19.9 Å². The van der Waals surface area contributed by atoms with Gasteiger partial charge >= 0.3 is 0 Å². The highest BCUT2D eigenvalue weighted by Crippen LogP contribution is 2.33. The van der Waals surface area contributed by atoms with Crippen molar-refractivity contribution in [2.45, 2.75) is 32.7 Å². The molecule has 0 saturated carbocycles. The van der Waals surface area contributed by atoms with E-state index in [4.69, 9.17) is 0 Å². The standard InChI is InChI=1S/C14H22N2S/c1-14(2)7-10-17-11-13(14)16-9-6-12-5-3-4-8-15-12/h3-5,8,13,16H,6-7,9-11H2,1-2H3. The molecule has 1 fully saturated rings. The average Bonchev–Trinajstić information content (AvgIpc) is 2.32. The number of pyridine rings is 1. The van der Waals surface area contributed by atoms with Crippen molar-refractivity contribution in [3.05, 3.63) is 30.1 Å². The highest BCUT2D eigenvalue weighted by atomic mass is 32.2. The zero-order chi connectivity index (χ0) is 12.1. The fourth-order valence-electron chi connectivity index (χ4n) is 2.19. The summed E-state index contributed by atoms with van der Waals surface area (Å²) in [6.07, 6.45) is 4.22. The molecule has 0 radical (unpaired) electrons. The molecule has 3 heteroatoms. The van der Waals surface area contributed by atoms with Crippen LogP contribution >= 0.6 is 11.8 Å². The molecule has 0 spiro atoms. The van der Waals surface area contributed by atoms with E-state index in [2.05, 4.69) is 48.0 Å². The van der Waals surface area contributed by atoms with Gasteiger partial charge in [0.1, 0.15) is 0 Å². The number of thioether (sulfide) groups is 1. The van der Waals surface area contributed by atoms with Crippen molar-refractivity contribution in [3.63, 3.8) is 0 Å². The van der Waals surface area contributed by atoms with Crippen LogP contribution in [0.4, 0.5) is 0 Å². The van der Waals surface area contributed by atoms with Crippen molar-refractivity contribution in [1.82, 2.24) is 10.3 Å². The van der Waals surface area contributed by atoms with E-state index in [0.29, 0.717) is 11.5 Å². The topological polar surface area (TPSA) is 24.9 Å². The summed E-state index contributed by atoms with van der Waals surface area (Å²) in [5.74, 6) is 2.56. The number of hydrogen-bond donors (Lipinski definition) is 1. The van der Waals surface area contributed by atoms with E-state index < -0.39 is 0 Å². The number of hydrogen-bond acceptors (Lipinski definition) is 3. The van der Waals surface area contributed by atoms with Gasteiger partial charge in [0.2, 0.25) is 0 Å². The molecule has 94 valence electrons. The van der Waals surface area contributed by atoms with E-state index >= 15 is 0 Å². The Kier molecular flexibility index (Phi) is 4.46. The quantitative estimate of drug-likeness (QED) is 0.889. The Labute approximate surface area is 109 Å². The Morgan fingerprint density at radius 3 is 3.06 bits per heavy atom. The van der Waals surface area contributed by atoms with Gasteiger partial charge in [0.05, 0.1) is 0 Å². The number of nitrogens with zero attached hydrogens (tertiary/aromatic N) is 1. The first-order valence-electron chi connectivity index (χ1n) is 6.39. The lowest BCUT2D eigenvalue weighted by molar-refractivity contribution is 0.247. The normalized spacial score (nSPS) is 23.5. The van der Waals surface area contributed by atoms with Gasteiger partial charge in [0.15, 0.2) is 0 Å². The molecule has 0 amide bonds. The summed E-state index contributed by atoms with van der Waals surface area (Å²) < 4.78 is 0. The number of nitrogens with one attached hydrogen (secondary N) is 1. The largest absolute Gasteiger partial charge is 0.312 e. The Morgan fingerprint density at radius 1 is 1.47 bits per heavy atom. The van der Waals surface area contributed by atoms with Crippen LogP contribution in [0.1, 0.15) is 26.0 Å². The highest BCUT2D eigenvalue weighted by Gasteiger charge is 2.31. The Bertz CT molecular complexity index is 337. The van der Waals surface area contributed by atoms with E-state index in [0.717, 1.165) is 13.0 Å². The third kappa shape index (κ3) is 3.71. The summed E-state index contributed by atoms with van der Waals surface area (Å²) in [6.45, 7) is 5.79. The Balaban J connectivity index is 1.78. The Morgan fingerprint density at radius 2 is 2.35 bits per heavy atom. The minimum absolute atomic E-state index is 0.440. The molecule has 1 saturated heterocycles. The molecule has 0 bridgehead atoms. The molecule has 1 unspecified atom stereocenters. The molecule has 1 aliphatic rings. The van der Waals surface area contributed by atoms with Crippen molar-refractivity contribution in [2.75, 3.05) is 18.1 Å². The monoisotopic (exact) mass is 250 g/mol. The molecular weight excluding hydrogens is 228 g/mol. The summed E-state index contributed by atoms with van der Waals surface area (Å²) in [4.78, 5) is 4.35. The van der Waals surface area contributed by atoms with Gasteiger partial charge in [-0.05, 0) is 29.7 Å². The maximum Gasteiger partial charge on any atom is 0.0416 e. The molecule has 1 aromatic rings. The minimum Gasteiger partial charge on any atom is -0.312 e. The maximum atomic E-state index is 4.35. The van der Waals surface area contributed by atoms with Crippen LogP contribution in [-0.4, -0.2) is 29.1 Å². The van der Waals surface area contributed by atoms with Crippen LogP contribution in [0.3, 0.4) is 0 Å². The molecule has 2 heterocycles. The van der Waals surface area contributed by atoms with Crippen LogP contribution in [0.5, 0.6) is 0 Å². The predicted molar refractivity (Wildman–Crippen MR) is 75.5 cm³/mol. The smallest absolute Gasteiger partial charge is 0.0416 e. The fourth-order valence-corrected chi connectivity index (χ4v) is 3.83. The zero-order valence-corrected chi connectivity index (χ0v) is 11.6. The lowest BCUT2D eigenvalue weighted by Gasteiger charge is -2.38. The maximum absolute atomic E-state index is 4.35. The van der Waals surface area contributed by atoms with E-state index in [1.54, 1.807) is 0 Å². The first kappa shape index (κ1) is 12.9. The van der Waals surface area contributed by atoms with Gasteiger partial charge in [-0.25, -0.2) is 0 Å². The summed E-state index contributed by atoms with van der Waals surface area (Å²) in [5.41, 5.74) is 1.62. The minimum atomic E-state index is 0.440. The number of rotatable bonds is 4. The van der Waals surface area contributed by atoms with Crippen LogP contribution in [0, 0.1) is 5.41 Å². The Hall–Kier alpha value is -0.540. The molecule has 2 rings (SSSR count). The second-order valence-electron chi connectivity index (χ2n) is 5.39. The van der Waals surface area contributed by atoms with Crippen LogP contribution in [0.15, 0.2) is 24.4 Å². The molecule has 1 aliphatic heterocycles. The molecule has 2 nitrogen and oxygen atoms in total. The van der Waals surface area contributed by atoms with Gasteiger partial charge in [0.25, 0.3) is 0 Å². The second-order valence-corrected chi connectivity index (χ2v) is 6.54. The summed E-state index contributed by atoms with van der Waals surface area (Å²) in [6, 6.07) is 6.77. The molecule has 1 atom stereocenters. The van der Waals surface area contributed by atoms with Crippen LogP contribution in [-0.2, 0) is 6.42 Å². The molecule has 17 heavy (non-hydrogen) atoms. The summed E-state index contributed by atoms with van der Waals surface area (Å²) >= 11 is 2.07. The van der Waals surface area contributed by atoms with Crippen LogP contribution in [0.2, 0.25) is 0 Å². The molecule has 1 aromatic heterocycles. The average molecular weight is 250 g/mol. The third-order valence-electron chi connectivity index (χ3n) is 3.62. The lowest BCUT2D eigenvalue weighted by Crippen LogP contribution is -2.47. The third-order valence-corrected chi connectivity index (χ3v) is 4.68. The fraction of sp³-hybridized carbons (Fsp3) is 0.643. The van der Waals surface area contributed by atoms with E-state index in [-0.39, 0.29) is 0 Å². The van der Waals surface area contributed by atoms with Crippen molar-refractivity contribution >= 4 is 11.8 Å². The van der Waals surface area contributed by atoms with Gasteiger partial charge in [-0.15, -0.1) is 0 Å². The van der Waals surface area contributed by atoms with Crippen molar-refractivity contribution in [2.24, 2.45) is 5.41 Å². The predicted octanol–water partition coefficient (Wildman–Crippen LogP) is 2.75. The summed E-state index contributed by atoms with van der Waals surface area (Å²) in [7, 11) is 0. The van der Waals surface area contributed by atoms with Gasteiger partial charge in [-0.3, -0.25) is 4.98 Å². The molecule has 0 aromatic carbocycles. The highest BCUT2D eigenvalue weighted by molar-refractivity contribution is 7.99. The van der Waals surface area contributed by atoms with Crippen molar-refractivity contribution in [3.8, 4) is 0 Å². The first-order valence-corrected chi connectivity index (χ1v) is 7.55. The van der Waals surface area contributed by atoms with Gasteiger partial charge < -0.3 is 5.32 Å². The van der Waals surface area contributed by atoms with Gasteiger partial charge in [0, 0.05) is 36.7 Å². The zero-order valence-electron chi connectivity index (χ0n) is 10.8. The van der Waals surface area contributed by atoms with Crippen LogP contribution in [0.25, 0.3) is 0 Å². The molecular formula is C14H22N2S.